The van der Waals surface area contributed by atoms with Gasteiger partial charge in [0, 0.05) is 5.56 Å². The van der Waals surface area contributed by atoms with Crippen molar-refractivity contribution in [2.75, 3.05) is 0 Å². The highest BCUT2D eigenvalue weighted by molar-refractivity contribution is 5.94. The minimum absolute atomic E-state index is 0.0556. The quantitative estimate of drug-likeness (QED) is 0.575. The first kappa shape index (κ1) is 23.1. The van der Waals surface area contributed by atoms with E-state index in [1.165, 1.54) is 6.42 Å². The molecule has 166 valence electrons. The molecular formula is C27H35NO3. The first-order valence-corrected chi connectivity index (χ1v) is 11.5. The largest absolute Gasteiger partial charge is 0.462 e. The van der Waals surface area contributed by atoms with Crippen LogP contribution in [0.2, 0.25) is 0 Å². The molecule has 2 aromatic carbocycles. The van der Waals surface area contributed by atoms with Gasteiger partial charge in [0.2, 0.25) is 0 Å². The molecule has 0 aliphatic heterocycles. The van der Waals surface area contributed by atoms with Gasteiger partial charge in [0.25, 0.3) is 5.91 Å². The number of carbonyl (C=O) groups is 2. The van der Waals surface area contributed by atoms with Crippen molar-refractivity contribution in [2.24, 2.45) is 23.7 Å². The summed E-state index contributed by atoms with van der Waals surface area (Å²) in [5.74, 6) is 0.489. The normalized spacial score (nSPS) is 23.1. The molecule has 0 spiro atoms. The number of hydrogen-bond donors (Lipinski definition) is 1. The second kappa shape index (κ2) is 10.6. The summed E-state index contributed by atoms with van der Waals surface area (Å²) in [4.78, 5) is 26.1. The minimum Gasteiger partial charge on any atom is -0.462 e. The Bertz CT molecular complexity index is 849. The number of hydrogen-bond acceptors (Lipinski definition) is 3. The van der Waals surface area contributed by atoms with Crippen LogP contribution in [0.1, 0.15) is 68.9 Å². The van der Waals surface area contributed by atoms with Gasteiger partial charge in [-0.3, -0.25) is 9.59 Å². The predicted octanol–water partition coefficient (Wildman–Crippen LogP) is 5.80. The summed E-state index contributed by atoms with van der Waals surface area (Å²) >= 11 is 0. The lowest BCUT2D eigenvalue weighted by Gasteiger charge is -2.37. The third-order valence-electron chi connectivity index (χ3n) is 6.58. The van der Waals surface area contributed by atoms with E-state index in [9.17, 15) is 9.59 Å². The van der Waals surface area contributed by atoms with Crippen LogP contribution in [0.15, 0.2) is 60.7 Å². The van der Waals surface area contributed by atoms with Crippen molar-refractivity contribution in [2.45, 2.75) is 59.1 Å². The van der Waals surface area contributed by atoms with Crippen LogP contribution in [-0.2, 0) is 9.53 Å². The number of amides is 1. The SMILES string of the molecule is CC(C)[C@H]1CC[C@H](C)C[C@@H]1OC(=O)[C@H](C)[C@@H](NC(=O)c1ccccc1)c1ccccc1. The molecule has 3 rings (SSSR count). The molecule has 31 heavy (non-hydrogen) atoms. The van der Waals surface area contributed by atoms with Gasteiger partial charge in [-0.1, -0.05) is 75.7 Å². The fourth-order valence-electron chi connectivity index (χ4n) is 4.61. The topological polar surface area (TPSA) is 55.4 Å². The summed E-state index contributed by atoms with van der Waals surface area (Å²) in [5.41, 5.74) is 1.47. The Hall–Kier alpha value is -2.62. The average molecular weight is 422 g/mol. The number of esters is 1. The van der Waals surface area contributed by atoms with Crippen LogP contribution in [0.25, 0.3) is 0 Å². The molecule has 4 heteroatoms. The Morgan fingerprint density at radius 1 is 0.935 bits per heavy atom. The molecule has 0 aromatic heterocycles. The smallest absolute Gasteiger partial charge is 0.311 e. The summed E-state index contributed by atoms with van der Waals surface area (Å²) in [7, 11) is 0. The first-order chi connectivity index (χ1) is 14.9. The fourth-order valence-corrected chi connectivity index (χ4v) is 4.61. The van der Waals surface area contributed by atoms with Crippen molar-refractivity contribution in [3.63, 3.8) is 0 Å². The number of benzene rings is 2. The van der Waals surface area contributed by atoms with Crippen molar-refractivity contribution in [1.29, 1.82) is 0 Å². The molecule has 2 aromatic rings. The van der Waals surface area contributed by atoms with Gasteiger partial charge in [-0.2, -0.15) is 0 Å². The van der Waals surface area contributed by atoms with Crippen LogP contribution in [-0.4, -0.2) is 18.0 Å². The molecule has 1 fully saturated rings. The Kier molecular flexibility index (Phi) is 7.89. The molecule has 5 atom stereocenters. The second-order valence-corrected chi connectivity index (χ2v) is 9.32. The van der Waals surface area contributed by atoms with Crippen LogP contribution in [0, 0.1) is 23.7 Å². The van der Waals surface area contributed by atoms with E-state index in [4.69, 9.17) is 4.74 Å². The van der Waals surface area contributed by atoms with Crippen molar-refractivity contribution < 1.29 is 14.3 Å². The molecule has 0 unspecified atom stereocenters. The maximum atomic E-state index is 13.2. The zero-order valence-electron chi connectivity index (χ0n) is 19.1. The summed E-state index contributed by atoms with van der Waals surface area (Å²) in [5, 5.41) is 3.07. The van der Waals surface area contributed by atoms with Crippen LogP contribution >= 0.6 is 0 Å². The van der Waals surface area contributed by atoms with Crippen LogP contribution in [0.5, 0.6) is 0 Å². The number of carbonyl (C=O) groups excluding carboxylic acids is 2. The van der Waals surface area contributed by atoms with Gasteiger partial charge in [-0.05, 0) is 55.2 Å². The first-order valence-electron chi connectivity index (χ1n) is 11.5. The van der Waals surface area contributed by atoms with Gasteiger partial charge in [0.1, 0.15) is 6.10 Å². The fraction of sp³-hybridized carbons (Fsp3) is 0.481. The van der Waals surface area contributed by atoms with E-state index in [1.54, 1.807) is 12.1 Å². The van der Waals surface area contributed by atoms with Crippen LogP contribution in [0.3, 0.4) is 0 Å². The van der Waals surface area contributed by atoms with Gasteiger partial charge in [-0.15, -0.1) is 0 Å². The summed E-state index contributed by atoms with van der Waals surface area (Å²) < 4.78 is 6.10. The van der Waals surface area contributed by atoms with E-state index in [2.05, 4.69) is 26.1 Å². The zero-order valence-corrected chi connectivity index (χ0v) is 19.1. The van der Waals surface area contributed by atoms with Crippen molar-refractivity contribution in [1.82, 2.24) is 5.32 Å². The maximum absolute atomic E-state index is 13.2. The van der Waals surface area contributed by atoms with Crippen molar-refractivity contribution >= 4 is 11.9 Å². The van der Waals surface area contributed by atoms with Crippen molar-refractivity contribution in [3.8, 4) is 0 Å². The molecule has 1 saturated carbocycles. The van der Waals surface area contributed by atoms with Crippen LogP contribution in [0.4, 0.5) is 0 Å². The maximum Gasteiger partial charge on any atom is 0.311 e. The molecule has 0 radical (unpaired) electrons. The molecule has 1 N–H and O–H groups in total. The van der Waals surface area contributed by atoms with E-state index in [0.717, 1.165) is 18.4 Å². The second-order valence-electron chi connectivity index (χ2n) is 9.32. The number of rotatable bonds is 7. The molecular weight excluding hydrogens is 386 g/mol. The summed E-state index contributed by atoms with van der Waals surface area (Å²) in [6, 6.07) is 18.3. The predicted molar refractivity (Wildman–Crippen MR) is 123 cm³/mol. The lowest BCUT2D eigenvalue weighted by Crippen LogP contribution is -2.40. The minimum atomic E-state index is -0.500. The van der Waals surface area contributed by atoms with E-state index in [0.29, 0.717) is 23.3 Å². The highest BCUT2D eigenvalue weighted by Gasteiger charge is 2.36. The monoisotopic (exact) mass is 421 g/mol. The molecule has 0 saturated heterocycles. The molecule has 0 heterocycles. The van der Waals surface area contributed by atoms with E-state index in [-0.39, 0.29) is 18.0 Å². The molecule has 1 aliphatic rings. The lowest BCUT2D eigenvalue weighted by atomic mass is 9.75. The molecule has 0 bridgehead atoms. The third-order valence-corrected chi connectivity index (χ3v) is 6.58. The standard InChI is InChI=1S/C27H35NO3/c1-18(2)23-16-15-19(3)17-24(23)31-27(30)20(4)25(21-11-7-5-8-12-21)28-26(29)22-13-9-6-10-14-22/h5-14,18-20,23-25H,15-17H2,1-4H3,(H,28,29)/t19-,20+,23+,24-,25+/m0/s1. The molecule has 1 aliphatic carbocycles. The van der Waals surface area contributed by atoms with Crippen molar-refractivity contribution in [3.05, 3.63) is 71.8 Å². The summed E-state index contributed by atoms with van der Waals surface area (Å²) in [6.07, 6.45) is 3.14. The van der Waals surface area contributed by atoms with Crippen LogP contribution < -0.4 is 5.32 Å². The Balaban J connectivity index is 1.78. The van der Waals surface area contributed by atoms with Gasteiger partial charge in [-0.25, -0.2) is 0 Å². The summed E-state index contributed by atoms with van der Waals surface area (Å²) in [6.45, 7) is 8.49. The molecule has 4 nitrogen and oxygen atoms in total. The zero-order chi connectivity index (χ0) is 22.4. The van der Waals surface area contributed by atoms with Gasteiger partial charge < -0.3 is 10.1 Å². The number of ether oxygens (including phenoxy) is 1. The molecule has 1 amide bonds. The Morgan fingerprint density at radius 2 is 1.55 bits per heavy atom. The lowest BCUT2D eigenvalue weighted by molar-refractivity contribution is -0.161. The highest BCUT2D eigenvalue weighted by Crippen LogP contribution is 2.36. The van der Waals surface area contributed by atoms with E-state index < -0.39 is 12.0 Å². The van der Waals surface area contributed by atoms with Gasteiger partial charge in [0.05, 0.1) is 12.0 Å². The average Bonchev–Trinajstić information content (AvgIpc) is 2.77. The number of nitrogens with one attached hydrogen (secondary N) is 1. The highest BCUT2D eigenvalue weighted by atomic mass is 16.5. The van der Waals surface area contributed by atoms with Gasteiger partial charge >= 0.3 is 5.97 Å². The van der Waals surface area contributed by atoms with E-state index >= 15 is 0 Å². The van der Waals surface area contributed by atoms with E-state index in [1.807, 2.05) is 55.5 Å². The van der Waals surface area contributed by atoms with Gasteiger partial charge in [0.15, 0.2) is 0 Å². The Morgan fingerprint density at radius 3 is 2.16 bits per heavy atom. The third kappa shape index (κ3) is 5.96. The Labute approximate surface area is 186 Å².